The molecule has 0 saturated carbocycles. The van der Waals surface area contributed by atoms with E-state index in [0.717, 1.165) is 24.3 Å². The average Bonchev–Trinajstić information content (AvgIpc) is 2.67. The first kappa shape index (κ1) is 18.4. The molecule has 1 N–H and O–H groups in total. The molecule has 6 heteroatoms. The van der Waals surface area contributed by atoms with Gasteiger partial charge < -0.3 is 19.9 Å². The predicted octanol–water partition coefficient (Wildman–Crippen LogP) is 3.69. The molecule has 0 aromatic heterocycles. The van der Waals surface area contributed by atoms with Gasteiger partial charge in [-0.05, 0) is 30.7 Å². The standard InChI is InChI=1S/C20H24ClN3O2/c1-15-3-5-16(6-4-15)14-22-20(25)24-11-9-23(10-12-24)17-7-8-19(26-2)18(21)13-17/h3-8,13H,9-12,14H2,1-2H3,(H,22,25). The average molecular weight is 374 g/mol. The molecule has 26 heavy (non-hydrogen) atoms. The van der Waals surface area contributed by atoms with Gasteiger partial charge in [0.1, 0.15) is 5.75 Å². The number of nitrogens with one attached hydrogen (secondary N) is 1. The van der Waals surface area contributed by atoms with E-state index in [1.165, 1.54) is 5.56 Å². The van der Waals surface area contributed by atoms with Gasteiger partial charge in [-0.1, -0.05) is 41.4 Å². The molecule has 2 aromatic carbocycles. The van der Waals surface area contributed by atoms with Gasteiger partial charge in [-0.25, -0.2) is 4.79 Å². The number of halogens is 1. The number of anilines is 1. The highest BCUT2D eigenvalue weighted by atomic mass is 35.5. The third-order valence-corrected chi connectivity index (χ3v) is 4.93. The number of nitrogens with zero attached hydrogens (tertiary/aromatic N) is 2. The van der Waals surface area contributed by atoms with E-state index in [2.05, 4.69) is 29.3 Å². The fourth-order valence-electron chi connectivity index (χ4n) is 3.02. The Labute approximate surface area is 159 Å². The lowest BCUT2D eigenvalue weighted by molar-refractivity contribution is 0.194. The van der Waals surface area contributed by atoms with E-state index in [9.17, 15) is 4.79 Å². The molecule has 1 saturated heterocycles. The van der Waals surface area contributed by atoms with Crippen LogP contribution >= 0.6 is 11.6 Å². The van der Waals surface area contributed by atoms with Crippen LogP contribution in [0, 0.1) is 6.92 Å². The van der Waals surface area contributed by atoms with Crippen molar-refractivity contribution in [1.29, 1.82) is 0 Å². The normalized spacial score (nSPS) is 14.3. The lowest BCUT2D eigenvalue weighted by Gasteiger charge is -2.36. The monoisotopic (exact) mass is 373 g/mol. The molecule has 0 atom stereocenters. The van der Waals surface area contributed by atoms with Crippen molar-refractivity contribution in [3.05, 3.63) is 58.6 Å². The third-order valence-electron chi connectivity index (χ3n) is 4.63. The molecule has 1 aliphatic rings. The molecule has 2 amide bonds. The molecule has 5 nitrogen and oxygen atoms in total. The molecule has 1 fully saturated rings. The Morgan fingerprint density at radius 3 is 2.42 bits per heavy atom. The van der Waals surface area contributed by atoms with Crippen molar-refractivity contribution in [3.8, 4) is 5.75 Å². The highest BCUT2D eigenvalue weighted by molar-refractivity contribution is 6.32. The van der Waals surface area contributed by atoms with Gasteiger partial charge in [-0.2, -0.15) is 0 Å². The summed E-state index contributed by atoms with van der Waals surface area (Å²) < 4.78 is 5.19. The smallest absolute Gasteiger partial charge is 0.317 e. The van der Waals surface area contributed by atoms with Crippen molar-refractivity contribution in [1.82, 2.24) is 10.2 Å². The van der Waals surface area contributed by atoms with Crippen LogP contribution in [0.4, 0.5) is 10.5 Å². The maximum absolute atomic E-state index is 12.4. The fraction of sp³-hybridized carbons (Fsp3) is 0.350. The molecule has 1 heterocycles. The molecular formula is C20H24ClN3O2. The number of ether oxygens (including phenoxy) is 1. The van der Waals surface area contributed by atoms with E-state index in [1.54, 1.807) is 7.11 Å². The second kappa shape index (κ2) is 8.32. The zero-order valence-electron chi connectivity index (χ0n) is 15.2. The first-order chi connectivity index (χ1) is 12.6. The van der Waals surface area contributed by atoms with Gasteiger partial charge in [-0.15, -0.1) is 0 Å². The highest BCUT2D eigenvalue weighted by Gasteiger charge is 2.21. The topological polar surface area (TPSA) is 44.8 Å². The number of rotatable bonds is 4. The third kappa shape index (κ3) is 4.41. The van der Waals surface area contributed by atoms with Gasteiger partial charge in [0.2, 0.25) is 0 Å². The lowest BCUT2D eigenvalue weighted by Crippen LogP contribution is -2.51. The molecule has 2 aromatic rings. The summed E-state index contributed by atoms with van der Waals surface area (Å²) in [4.78, 5) is 16.5. The molecule has 138 valence electrons. The summed E-state index contributed by atoms with van der Waals surface area (Å²) in [7, 11) is 1.61. The number of piperazine rings is 1. The first-order valence-electron chi connectivity index (χ1n) is 8.73. The van der Waals surface area contributed by atoms with E-state index < -0.39 is 0 Å². The van der Waals surface area contributed by atoms with Gasteiger partial charge in [0.05, 0.1) is 12.1 Å². The predicted molar refractivity (Wildman–Crippen MR) is 105 cm³/mol. The summed E-state index contributed by atoms with van der Waals surface area (Å²) in [6.45, 7) is 5.53. The number of benzene rings is 2. The van der Waals surface area contributed by atoms with Crippen LogP contribution in [0.5, 0.6) is 5.75 Å². The van der Waals surface area contributed by atoms with Crippen LogP contribution in [0.2, 0.25) is 5.02 Å². The van der Waals surface area contributed by atoms with E-state index in [-0.39, 0.29) is 6.03 Å². The Hall–Kier alpha value is -2.40. The summed E-state index contributed by atoms with van der Waals surface area (Å²) >= 11 is 6.21. The van der Waals surface area contributed by atoms with Crippen molar-refractivity contribution < 1.29 is 9.53 Å². The van der Waals surface area contributed by atoms with E-state index in [1.807, 2.05) is 35.2 Å². The first-order valence-corrected chi connectivity index (χ1v) is 9.11. The van der Waals surface area contributed by atoms with Crippen LogP contribution in [0.15, 0.2) is 42.5 Å². The number of methoxy groups -OCH3 is 1. The lowest BCUT2D eigenvalue weighted by atomic mass is 10.1. The summed E-state index contributed by atoms with van der Waals surface area (Å²) in [5.74, 6) is 0.671. The zero-order chi connectivity index (χ0) is 18.5. The Bertz CT molecular complexity index is 756. The van der Waals surface area contributed by atoms with Gasteiger partial charge in [0.15, 0.2) is 0 Å². The number of hydrogen-bond acceptors (Lipinski definition) is 3. The van der Waals surface area contributed by atoms with Crippen molar-refractivity contribution in [2.75, 3.05) is 38.2 Å². The maximum Gasteiger partial charge on any atom is 0.317 e. The van der Waals surface area contributed by atoms with Crippen molar-refractivity contribution in [3.63, 3.8) is 0 Å². The minimum Gasteiger partial charge on any atom is -0.495 e. The molecule has 0 unspecified atom stereocenters. The van der Waals surface area contributed by atoms with Gasteiger partial charge in [0.25, 0.3) is 0 Å². The summed E-state index contributed by atoms with van der Waals surface area (Å²) in [5.41, 5.74) is 3.38. The van der Waals surface area contributed by atoms with E-state index in [0.29, 0.717) is 30.4 Å². The molecule has 0 aliphatic carbocycles. The zero-order valence-corrected chi connectivity index (χ0v) is 15.9. The van der Waals surface area contributed by atoms with E-state index >= 15 is 0 Å². The molecule has 1 aliphatic heterocycles. The van der Waals surface area contributed by atoms with Crippen molar-refractivity contribution >= 4 is 23.3 Å². The second-order valence-electron chi connectivity index (χ2n) is 6.44. The molecule has 0 bridgehead atoms. The van der Waals surface area contributed by atoms with Crippen LogP contribution in [-0.4, -0.2) is 44.2 Å². The largest absolute Gasteiger partial charge is 0.495 e. The SMILES string of the molecule is COc1ccc(N2CCN(C(=O)NCc3ccc(C)cc3)CC2)cc1Cl. The van der Waals surface area contributed by atoms with Crippen molar-refractivity contribution in [2.24, 2.45) is 0 Å². The highest BCUT2D eigenvalue weighted by Crippen LogP contribution is 2.29. The summed E-state index contributed by atoms with van der Waals surface area (Å²) in [5, 5.41) is 3.60. The van der Waals surface area contributed by atoms with Gasteiger partial charge in [-0.3, -0.25) is 0 Å². The van der Waals surface area contributed by atoms with Crippen LogP contribution in [0.1, 0.15) is 11.1 Å². The van der Waals surface area contributed by atoms with Crippen molar-refractivity contribution in [2.45, 2.75) is 13.5 Å². The Balaban J connectivity index is 1.50. The molecule has 0 spiro atoms. The van der Waals surface area contributed by atoms with Gasteiger partial charge in [0, 0.05) is 38.4 Å². The fourth-order valence-corrected chi connectivity index (χ4v) is 3.27. The number of hydrogen-bond donors (Lipinski definition) is 1. The van der Waals surface area contributed by atoms with E-state index in [4.69, 9.17) is 16.3 Å². The number of amides is 2. The summed E-state index contributed by atoms with van der Waals surface area (Å²) in [6.07, 6.45) is 0. The number of urea groups is 1. The Morgan fingerprint density at radius 2 is 1.81 bits per heavy atom. The number of aryl methyl sites for hydroxylation is 1. The van der Waals surface area contributed by atoms with Gasteiger partial charge >= 0.3 is 6.03 Å². The Morgan fingerprint density at radius 1 is 1.12 bits per heavy atom. The minimum atomic E-state index is -0.0158. The van der Waals surface area contributed by atoms with Crippen LogP contribution in [-0.2, 0) is 6.54 Å². The Kier molecular flexibility index (Phi) is 5.89. The number of carbonyl (C=O) groups is 1. The number of carbonyl (C=O) groups excluding carboxylic acids is 1. The van der Waals surface area contributed by atoms with Crippen LogP contribution < -0.4 is 15.0 Å². The quantitative estimate of drug-likeness (QED) is 0.889. The molecular weight excluding hydrogens is 350 g/mol. The second-order valence-corrected chi connectivity index (χ2v) is 6.84. The van der Waals surface area contributed by atoms with Crippen LogP contribution in [0.3, 0.4) is 0 Å². The minimum absolute atomic E-state index is 0.0158. The van der Waals surface area contributed by atoms with Crippen LogP contribution in [0.25, 0.3) is 0 Å². The summed E-state index contributed by atoms with van der Waals surface area (Å²) in [6, 6.07) is 14.0. The molecule has 3 rings (SSSR count). The molecule has 0 radical (unpaired) electrons. The maximum atomic E-state index is 12.4.